The van der Waals surface area contributed by atoms with Crippen LogP contribution in [0.25, 0.3) is 0 Å². The average molecular weight is 340 g/mol. The number of nitrogens with one attached hydrogen (secondary N) is 2. The molecule has 1 heterocycles. The Bertz CT molecular complexity index is 672. The number of aliphatic hydroxyl groups is 1. The fourth-order valence-corrected chi connectivity index (χ4v) is 2.51. The van der Waals surface area contributed by atoms with E-state index >= 15 is 0 Å². The Balaban J connectivity index is 1.78. The van der Waals surface area contributed by atoms with Crippen molar-refractivity contribution in [3.8, 4) is 0 Å². The van der Waals surface area contributed by atoms with Crippen LogP contribution in [-0.2, 0) is 4.79 Å². The highest BCUT2D eigenvalue weighted by molar-refractivity contribution is 7.07. The number of aliphatic hydroxyl groups excluding tert-OH is 1. The molecular weight excluding hydrogens is 326 g/mol. The van der Waals surface area contributed by atoms with Crippen LogP contribution in [0.2, 0.25) is 0 Å². The Kier molecular flexibility index (Phi) is 5.78. The summed E-state index contributed by atoms with van der Waals surface area (Å²) in [4.78, 5) is 23.3. The van der Waals surface area contributed by atoms with E-state index in [1.165, 1.54) is 11.3 Å². The predicted octanol–water partition coefficient (Wildman–Crippen LogP) is 1.61. The van der Waals surface area contributed by atoms with E-state index in [2.05, 4.69) is 10.6 Å². The Labute approximate surface area is 135 Å². The number of carbonyl (C=O) groups is 2. The second-order valence-electron chi connectivity index (χ2n) is 4.72. The van der Waals surface area contributed by atoms with Gasteiger partial charge in [0.1, 0.15) is 11.6 Å². The molecule has 0 fully saturated rings. The van der Waals surface area contributed by atoms with E-state index in [1.54, 1.807) is 16.8 Å². The van der Waals surface area contributed by atoms with Gasteiger partial charge in [0.25, 0.3) is 5.91 Å². The highest BCUT2D eigenvalue weighted by atomic mass is 32.1. The Morgan fingerprint density at radius 2 is 1.87 bits per heavy atom. The molecule has 5 nitrogen and oxygen atoms in total. The average Bonchev–Trinajstić information content (AvgIpc) is 3.03. The summed E-state index contributed by atoms with van der Waals surface area (Å²) in [7, 11) is 0. The van der Waals surface area contributed by atoms with Gasteiger partial charge in [-0.2, -0.15) is 11.3 Å². The fourth-order valence-electron chi connectivity index (χ4n) is 1.80. The minimum absolute atomic E-state index is 0.0000302. The number of amides is 2. The van der Waals surface area contributed by atoms with Gasteiger partial charge in [-0.15, -0.1) is 0 Å². The van der Waals surface area contributed by atoms with Crippen LogP contribution in [0.5, 0.6) is 0 Å². The summed E-state index contributed by atoms with van der Waals surface area (Å²) >= 11 is 1.43. The summed E-state index contributed by atoms with van der Waals surface area (Å²) in [6.45, 7) is -0.368. The van der Waals surface area contributed by atoms with Gasteiger partial charge in [0.15, 0.2) is 0 Å². The topological polar surface area (TPSA) is 78.4 Å². The molecule has 0 aliphatic carbocycles. The van der Waals surface area contributed by atoms with E-state index in [-0.39, 0.29) is 18.7 Å². The second kappa shape index (κ2) is 7.80. The van der Waals surface area contributed by atoms with Crippen molar-refractivity contribution in [2.75, 3.05) is 13.1 Å². The zero-order valence-electron chi connectivity index (χ0n) is 11.9. The Morgan fingerprint density at radius 1 is 1.17 bits per heavy atom. The van der Waals surface area contributed by atoms with E-state index in [0.29, 0.717) is 11.6 Å². The molecule has 2 rings (SSSR count). The van der Waals surface area contributed by atoms with Crippen molar-refractivity contribution in [2.24, 2.45) is 0 Å². The maximum absolute atomic E-state index is 13.0. The highest BCUT2D eigenvalue weighted by Crippen LogP contribution is 2.14. The minimum atomic E-state index is -0.876. The van der Waals surface area contributed by atoms with Gasteiger partial charge >= 0.3 is 0 Å². The van der Waals surface area contributed by atoms with Crippen molar-refractivity contribution < 1.29 is 23.5 Å². The molecule has 2 amide bonds. The van der Waals surface area contributed by atoms with E-state index < -0.39 is 29.6 Å². The maximum atomic E-state index is 13.0. The Morgan fingerprint density at radius 3 is 2.48 bits per heavy atom. The quantitative estimate of drug-likeness (QED) is 0.747. The standard InChI is InChI=1S/C15H14F2N2O3S/c16-11-3-10(4-12(17)5-11)15(22)19-7-14(21)18-6-13(20)9-1-2-23-8-9/h1-5,8,13,20H,6-7H2,(H,18,21)(H,19,22). The molecule has 1 atom stereocenters. The van der Waals surface area contributed by atoms with Gasteiger partial charge in [-0.3, -0.25) is 9.59 Å². The molecule has 0 aliphatic rings. The summed E-state index contributed by atoms with van der Waals surface area (Å²) < 4.78 is 26.0. The Hall–Kier alpha value is -2.32. The molecule has 1 unspecified atom stereocenters. The molecule has 0 bridgehead atoms. The molecule has 2 aromatic rings. The van der Waals surface area contributed by atoms with Gasteiger partial charge in [-0.25, -0.2) is 8.78 Å². The molecule has 122 valence electrons. The predicted molar refractivity (Wildman–Crippen MR) is 81.0 cm³/mol. The first kappa shape index (κ1) is 17.0. The molecule has 0 spiro atoms. The monoisotopic (exact) mass is 340 g/mol. The molecule has 3 N–H and O–H groups in total. The van der Waals surface area contributed by atoms with Gasteiger partial charge < -0.3 is 15.7 Å². The lowest BCUT2D eigenvalue weighted by Gasteiger charge is -2.11. The van der Waals surface area contributed by atoms with Gasteiger partial charge in [0.2, 0.25) is 5.91 Å². The van der Waals surface area contributed by atoms with Crippen LogP contribution in [0.15, 0.2) is 35.0 Å². The first-order valence-corrected chi connectivity index (χ1v) is 7.61. The largest absolute Gasteiger partial charge is 0.387 e. The molecular formula is C15H14F2N2O3S. The number of hydrogen-bond donors (Lipinski definition) is 3. The lowest BCUT2D eigenvalue weighted by atomic mass is 10.2. The number of rotatable bonds is 6. The van der Waals surface area contributed by atoms with Gasteiger partial charge in [-0.1, -0.05) is 0 Å². The molecule has 8 heteroatoms. The third-order valence-electron chi connectivity index (χ3n) is 2.95. The molecule has 0 radical (unpaired) electrons. The van der Waals surface area contributed by atoms with Crippen LogP contribution in [0.3, 0.4) is 0 Å². The van der Waals surface area contributed by atoms with Crippen molar-refractivity contribution in [1.29, 1.82) is 0 Å². The van der Waals surface area contributed by atoms with Crippen LogP contribution in [-0.4, -0.2) is 30.0 Å². The van der Waals surface area contributed by atoms with E-state index in [0.717, 1.165) is 12.1 Å². The van der Waals surface area contributed by atoms with Crippen LogP contribution in [0.1, 0.15) is 22.0 Å². The van der Waals surface area contributed by atoms with Gasteiger partial charge in [-0.05, 0) is 34.5 Å². The normalized spacial score (nSPS) is 11.8. The lowest BCUT2D eigenvalue weighted by molar-refractivity contribution is -0.120. The van der Waals surface area contributed by atoms with Crippen LogP contribution in [0, 0.1) is 11.6 Å². The smallest absolute Gasteiger partial charge is 0.251 e. The molecule has 0 aliphatic heterocycles. The second-order valence-corrected chi connectivity index (χ2v) is 5.50. The zero-order chi connectivity index (χ0) is 16.8. The van der Waals surface area contributed by atoms with E-state index in [1.807, 2.05) is 0 Å². The van der Waals surface area contributed by atoms with E-state index in [4.69, 9.17) is 0 Å². The number of hydrogen-bond acceptors (Lipinski definition) is 4. The van der Waals surface area contributed by atoms with Crippen molar-refractivity contribution in [1.82, 2.24) is 10.6 Å². The SMILES string of the molecule is O=C(CNC(=O)c1cc(F)cc(F)c1)NCC(O)c1ccsc1. The van der Waals surface area contributed by atoms with Crippen LogP contribution in [0.4, 0.5) is 8.78 Å². The lowest BCUT2D eigenvalue weighted by Crippen LogP contribution is -2.38. The fraction of sp³-hybridized carbons (Fsp3) is 0.200. The highest BCUT2D eigenvalue weighted by Gasteiger charge is 2.12. The molecule has 1 aromatic carbocycles. The third kappa shape index (κ3) is 5.11. The summed E-state index contributed by atoms with van der Waals surface area (Å²) in [5.74, 6) is -3.04. The van der Waals surface area contributed by atoms with Gasteiger partial charge in [0, 0.05) is 18.2 Å². The van der Waals surface area contributed by atoms with Gasteiger partial charge in [0.05, 0.1) is 12.6 Å². The molecule has 0 saturated carbocycles. The molecule has 0 saturated heterocycles. The summed E-state index contributed by atoms with van der Waals surface area (Å²) in [5, 5.41) is 18.1. The zero-order valence-corrected chi connectivity index (χ0v) is 12.7. The summed E-state index contributed by atoms with van der Waals surface area (Å²) in [6.07, 6.45) is -0.835. The first-order chi connectivity index (χ1) is 11.0. The van der Waals surface area contributed by atoms with E-state index in [9.17, 15) is 23.5 Å². The minimum Gasteiger partial charge on any atom is -0.387 e. The number of benzene rings is 1. The molecule has 23 heavy (non-hydrogen) atoms. The summed E-state index contributed by atoms with van der Waals surface area (Å²) in [6, 6.07) is 4.13. The number of halogens is 2. The maximum Gasteiger partial charge on any atom is 0.251 e. The van der Waals surface area contributed by atoms with Crippen molar-refractivity contribution in [2.45, 2.75) is 6.10 Å². The van der Waals surface area contributed by atoms with Crippen LogP contribution < -0.4 is 10.6 Å². The number of carbonyl (C=O) groups excluding carboxylic acids is 2. The van der Waals surface area contributed by atoms with Crippen molar-refractivity contribution in [3.05, 3.63) is 57.8 Å². The van der Waals surface area contributed by atoms with Crippen LogP contribution >= 0.6 is 11.3 Å². The molecule has 1 aromatic heterocycles. The summed E-state index contributed by atoms with van der Waals surface area (Å²) in [5.41, 5.74) is 0.475. The van der Waals surface area contributed by atoms with Crippen molar-refractivity contribution in [3.63, 3.8) is 0 Å². The first-order valence-electron chi connectivity index (χ1n) is 6.67. The van der Waals surface area contributed by atoms with Crippen molar-refractivity contribution >= 4 is 23.2 Å². The third-order valence-corrected chi connectivity index (χ3v) is 3.66. The number of thiophene rings is 1.